The van der Waals surface area contributed by atoms with Gasteiger partial charge < -0.3 is 14.5 Å². The monoisotopic (exact) mass is 513 g/mol. The predicted octanol–water partition coefficient (Wildman–Crippen LogP) is 4.13. The second kappa shape index (κ2) is 9.90. The Balaban J connectivity index is 1.62. The summed E-state index contributed by atoms with van der Waals surface area (Å²) < 4.78 is 33.8. The van der Waals surface area contributed by atoms with Gasteiger partial charge in [0.25, 0.3) is 10.0 Å². The van der Waals surface area contributed by atoms with Crippen LogP contribution in [0.5, 0.6) is 0 Å². The first kappa shape index (κ1) is 25.3. The Morgan fingerprint density at radius 2 is 1.76 bits per heavy atom. The quantitative estimate of drug-likeness (QED) is 0.648. The number of benzene rings is 1. The van der Waals surface area contributed by atoms with Crippen LogP contribution in [-0.4, -0.2) is 62.0 Å². The van der Waals surface area contributed by atoms with Gasteiger partial charge in [0.1, 0.15) is 5.60 Å². The molecule has 1 fully saturated rings. The Morgan fingerprint density at radius 3 is 2.39 bits per heavy atom. The van der Waals surface area contributed by atoms with Crippen LogP contribution in [0.25, 0.3) is 0 Å². The number of carbonyl (C=O) groups is 2. The number of nitrogens with zero attached hydrogens (tertiary/aromatic N) is 2. The Hall–Kier alpha value is -2.30. The zero-order valence-electron chi connectivity index (χ0n) is 19.1. The second-order valence-corrected chi connectivity index (χ2v) is 11.8. The number of sulfonamides is 1. The first-order valence-electron chi connectivity index (χ1n) is 10.5. The topological polar surface area (TPSA) is 96.0 Å². The largest absolute Gasteiger partial charge is 0.444 e. The second-order valence-electron chi connectivity index (χ2n) is 8.75. The van der Waals surface area contributed by atoms with Crippen molar-refractivity contribution in [2.24, 2.45) is 0 Å². The summed E-state index contributed by atoms with van der Waals surface area (Å²) in [5.74, 6) is -0.124. The number of piperazine rings is 1. The molecule has 2 heterocycles. The summed E-state index contributed by atoms with van der Waals surface area (Å²) in [6.45, 7) is 8.64. The fraction of sp³-hybridized carbons (Fsp3) is 0.455. The highest BCUT2D eigenvalue weighted by molar-refractivity contribution is 7.92. The maximum absolute atomic E-state index is 12.9. The van der Waals surface area contributed by atoms with E-state index in [1.54, 1.807) is 40.3 Å². The van der Waals surface area contributed by atoms with Gasteiger partial charge in [-0.3, -0.25) is 9.52 Å². The Kier molecular flexibility index (Phi) is 7.60. The van der Waals surface area contributed by atoms with Crippen molar-refractivity contribution >= 4 is 50.6 Å². The van der Waals surface area contributed by atoms with E-state index in [4.69, 9.17) is 16.3 Å². The molecule has 1 aliphatic heterocycles. The summed E-state index contributed by atoms with van der Waals surface area (Å²) in [6, 6.07) is 6.35. The molecule has 1 aliphatic rings. The molecule has 0 saturated carbocycles. The van der Waals surface area contributed by atoms with E-state index in [1.807, 2.05) is 20.8 Å². The van der Waals surface area contributed by atoms with E-state index < -0.39 is 15.6 Å². The van der Waals surface area contributed by atoms with Gasteiger partial charge in [0.05, 0.1) is 17.0 Å². The molecular weight excluding hydrogens is 486 g/mol. The number of amides is 2. The summed E-state index contributed by atoms with van der Waals surface area (Å²) in [4.78, 5) is 29.1. The Morgan fingerprint density at radius 1 is 1.12 bits per heavy atom. The van der Waals surface area contributed by atoms with Crippen molar-refractivity contribution in [3.05, 3.63) is 45.1 Å². The van der Waals surface area contributed by atoms with Crippen molar-refractivity contribution in [1.29, 1.82) is 0 Å². The average Bonchev–Trinajstić information content (AvgIpc) is 3.14. The number of hydrogen-bond acceptors (Lipinski definition) is 6. The highest BCUT2D eigenvalue weighted by Crippen LogP contribution is 2.29. The number of rotatable bonds is 5. The fourth-order valence-electron chi connectivity index (χ4n) is 3.36. The lowest BCUT2D eigenvalue weighted by molar-refractivity contribution is -0.132. The lowest BCUT2D eigenvalue weighted by Gasteiger charge is -2.35. The molecule has 11 heteroatoms. The fourth-order valence-corrected chi connectivity index (χ4v) is 5.84. The van der Waals surface area contributed by atoms with Crippen LogP contribution in [0.2, 0.25) is 5.02 Å². The molecule has 0 spiro atoms. The predicted molar refractivity (Wildman–Crippen MR) is 129 cm³/mol. The number of thiophene rings is 1. The van der Waals surface area contributed by atoms with Gasteiger partial charge in [0.15, 0.2) is 0 Å². The minimum absolute atomic E-state index is 0.0660. The molecule has 1 aromatic heterocycles. The third-order valence-corrected chi connectivity index (χ3v) is 7.93. The Labute approximate surface area is 203 Å². The van der Waals surface area contributed by atoms with Crippen LogP contribution < -0.4 is 4.72 Å². The van der Waals surface area contributed by atoms with Gasteiger partial charge >= 0.3 is 6.09 Å². The molecule has 0 aliphatic carbocycles. The van der Waals surface area contributed by atoms with Gasteiger partial charge in [-0.25, -0.2) is 13.2 Å². The van der Waals surface area contributed by atoms with E-state index in [0.717, 1.165) is 0 Å². The smallest absolute Gasteiger partial charge is 0.410 e. The molecule has 2 aromatic rings. The van der Waals surface area contributed by atoms with Gasteiger partial charge in [0, 0.05) is 36.1 Å². The number of ether oxygens (including phenoxy) is 1. The van der Waals surface area contributed by atoms with Crippen LogP contribution in [0.3, 0.4) is 0 Å². The van der Waals surface area contributed by atoms with Crippen molar-refractivity contribution in [3.63, 3.8) is 0 Å². The number of halogens is 1. The lowest BCUT2D eigenvalue weighted by Crippen LogP contribution is -2.51. The van der Waals surface area contributed by atoms with Gasteiger partial charge in [-0.15, -0.1) is 11.3 Å². The van der Waals surface area contributed by atoms with Crippen molar-refractivity contribution in [1.82, 2.24) is 9.80 Å². The maximum atomic E-state index is 12.9. The van der Waals surface area contributed by atoms with Crippen molar-refractivity contribution in [2.45, 2.75) is 44.6 Å². The highest BCUT2D eigenvalue weighted by atomic mass is 35.5. The summed E-state index contributed by atoms with van der Waals surface area (Å²) in [5, 5.41) is 2.11. The van der Waals surface area contributed by atoms with Gasteiger partial charge in [-0.2, -0.15) is 0 Å². The minimum Gasteiger partial charge on any atom is -0.444 e. The molecule has 180 valence electrons. The molecule has 0 atom stereocenters. The SMILES string of the molecule is Cc1c(Cl)cccc1S(=O)(=O)Nc1ccsc1CC(=O)N1CCN(C(=O)OC(C)(C)C)CC1. The number of anilines is 1. The average molecular weight is 514 g/mol. The van der Waals surface area contributed by atoms with Crippen LogP contribution in [0, 0.1) is 6.92 Å². The molecule has 3 rings (SSSR count). The molecular formula is C22H28ClN3O5S2. The molecule has 33 heavy (non-hydrogen) atoms. The van der Waals surface area contributed by atoms with E-state index in [9.17, 15) is 18.0 Å². The normalized spacial score (nSPS) is 14.8. The van der Waals surface area contributed by atoms with Gasteiger partial charge in [-0.05, 0) is 56.8 Å². The van der Waals surface area contributed by atoms with E-state index >= 15 is 0 Å². The van der Waals surface area contributed by atoms with Crippen LogP contribution in [0.1, 0.15) is 31.2 Å². The van der Waals surface area contributed by atoms with Gasteiger partial charge in [-0.1, -0.05) is 17.7 Å². The number of hydrogen-bond donors (Lipinski definition) is 1. The highest BCUT2D eigenvalue weighted by Gasteiger charge is 2.28. The lowest BCUT2D eigenvalue weighted by atomic mass is 10.2. The summed E-state index contributed by atoms with van der Waals surface area (Å²) >= 11 is 7.39. The third kappa shape index (κ3) is 6.39. The molecule has 0 bridgehead atoms. The number of nitrogens with one attached hydrogen (secondary N) is 1. The first-order valence-corrected chi connectivity index (χ1v) is 13.2. The molecule has 0 radical (unpaired) electrons. The molecule has 1 N–H and O–H groups in total. The molecule has 1 saturated heterocycles. The Bertz CT molecular complexity index is 1130. The maximum Gasteiger partial charge on any atom is 0.410 e. The standard InChI is InChI=1S/C22H28ClN3O5S2/c1-15-16(23)6-5-7-19(15)33(29,30)24-17-8-13-32-18(17)14-20(27)25-9-11-26(12-10-25)21(28)31-22(2,3)4/h5-8,13,24H,9-12,14H2,1-4H3. The van der Waals surface area contributed by atoms with Crippen LogP contribution in [0.4, 0.5) is 10.5 Å². The zero-order chi connectivity index (χ0) is 24.4. The van der Waals surface area contributed by atoms with Crippen LogP contribution >= 0.6 is 22.9 Å². The first-order chi connectivity index (χ1) is 15.4. The van der Waals surface area contributed by atoms with Gasteiger partial charge in [0.2, 0.25) is 5.91 Å². The van der Waals surface area contributed by atoms with E-state index in [1.165, 1.54) is 17.4 Å². The summed E-state index contributed by atoms with van der Waals surface area (Å²) in [6.07, 6.45) is -0.322. The zero-order valence-corrected chi connectivity index (χ0v) is 21.4. The van der Waals surface area contributed by atoms with Crippen molar-refractivity contribution in [3.8, 4) is 0 Å². The van der Waals surface area contributed by atoms with E-state index in [-0.39, 0.29) is 23.3 Å². The van der Waals surface area contributed by atoms with Crippen LogP contribution in [0.15, 0.2) is 34.5 Å². The van der Waals surface area contributed by atoms with E-state index in [2.05, 4.69) is 4.72 Å². The number of carbonyl (C=O) groups excluding carboxylic acids is 2. The van der Waals surface area contributed by atoms with Crippen molar-refractivity contribution in [2.75, 3.05) is 30.9 Å². The molecule has 8 nitrogen and oxygen atoms in total. The summed E-state index contributed by atoms with van der Waals surface area (Å²) in [5.41, 5.74) is 0.263. The third-order valence-electron chi connectivity index (χ3n) is 5.09. The molecule has 1 aromatic carbocycles. The van der Waals surface area contributed by atoms with Crippen LogP contribution in [-0.2, 0) is 26.0 Å². The van der Waals surface area contributed by atoms with Crippen molar-refractivity contribution < 1.29 is 22.7 Å². The molecule has 2 amide bonds. The summed E-state index contributed by atoms with van der Waals surface area (Å²) in [7, 11) is -3.86. The molecule has 0 unspecified atom stereocenters. The minimum atomic E-state index is -3.86. The van der Waals surface area contributed by atoms with E-state index in [0.29, 0.717) is 47.3 Å².